The molecule has 0 aliphatic heterocycles. The molecular weight excluding hydrogens is 236 g/mol. The van der Waals surface area contributed by atoms with Gasteiger partial charge in [0.25, 0.3) is 10.1 Å². The van der Waals surface area contributed by atoms with E-state index < -0.39 is 10.1 Å². The predicted octanol–water partition coefficient (Wildman–Crippen LogP) is 2.93. The lowest BCUT2D eigenvalue weighted by atomic mass is 10.0. The molecule has 0 unspecified atom stereocenters. The molecule has 1 aromatic carbocycles. The molecule has 0 saturated heterocycles. The Kier molecular flexibility index (Phi) is 4.90. The van der Waals surface area contributed by atoms with E-state index in [1.807, 2.05) is 31.2 Å². The van der Waals surface area contributed by atoms with E-state index in [1.165, 1.54) is 5.56 Å². The number of hydrogen-bond acceptors (Lipinski definition) is 2. The standard InChI is InChI=1S/C13H18O3S/c1-11(2)13-8-6-12(7-9-13)5-3-4-10-17(14,15)16/h6-9H,1,3-5,10H2,2H3,(H,14,15,16). The van der Waals surface area contributed by atoms with Crippen LogP contribution in [0.2, 0.25) is 0 Å². The van der Waals surface area contributed by atoms with Crippen molar-refractivity contribution in [1.82, 2.24) is 0 Å². The summed E-state index contributed by atoms with van der Waals surface area (Å²) in [5.41, 5.74) is 3.32. The Balaban J connectivity index is 2.40. The lowest BCUT2D eigenvalue weighted by Crippen LogP contribution is -2.03. The van der Waals surface area contributed by atoms with Gasteiger partial charge in [0.05, 0.1) is 5.75 Å². The fraction of sp³-hybridized carbons (Fsp3) is 0.385. The van der Waals surface area contributed by atoms with Crippen LogP contribution in [0, 0.1) is 0 Å². The molecule has 0 atom stereocenters. The quantitative estimate of drug-likeness (QED) is 0.627. The normalized spacial score (nSPS) is 11.4. The summed E-state index contributed by atoms with van der Waals surface area (Å²) >= 11 is 0. The molecule has 94 valence electrons. The van der Waals surface area contributed by atoms with Crippen LogP contribution in [-0.4, -0.2) is 18.7 Å². The first kappa shape index (κ1) is 13.9. The van der Waals surface area contributed by atoms with Gasteiger partial charge in [-0.25, -0.2) is 0 Å². The Labute approximate surface area is 103 Å². The van der Waals surface area contributed by atoms with Gasteiger partial charge in [0.2, 0.25) is 0 Å². The number of benzene rings is 1. The van der Waals surface area contributed by atoms with Crippen LogP contribution in [-0.2, 0) is 16.5 Å². The van der Waals surface area contributed by atoms with Gasteiger partial charge in [-0.1, -0.05) is 36.4 Å². The lowest BCUT2D eigenvalue weighted by molar-refractivity contribution is 0.480. The van der Waals surface area contributed by atoms with E-state index in [4.69, 9.17) is 4.55 Å². The molecular formula is C13H18O3S. The van der Waals surface area contributed by atoms with E-state index >= 15 is 0 Å². The highest BCUT2D eigenvalue weighted by Gasteiger charge is 2.03. The van der Waals surface area contributed by atoms with Crippen LogP contribution in [0.15, 0.2) is 30.8 Å². The maximum Gasteiger partial charge on any atom is 0.264 e. The smallest absolute Gasteiger partial charge is 0.264 e. The SMILES string of the molecule is C=C(C)c1ccc(CCCCS(=O)(=O)O)cc1. The van der Waals surface area contributed by atoms with Crippen molar-refractivity contribution >= 4 is 15.7 Å². The second-order valence-corrected chi connectivity index (χ2v) is 5.79. The van der Waals surface area contributed by atoms with Gasteiger partial charge in [0, 0.05) is 0 Å². The van der Waals surface area contributed by atoms with Crippen molar-refractivity contribution < 1.29 is 13.0 Å². The van der Waals surface area contributed by atoms with E-state index in [9.17, 15) is 8.42 Å². The predicted molar refractivity (Wildman–Crippen MR) is 70.5 cm³/mol. The van der Waals surface area contributed by atoms with Gasteiger partial charge in [-0.2, -0.15) is 8.42 Å². The van der Waals surface area contributed by atoms with Gasteiger partial charge in [-0.05, 0) is 37.3 Å². The van der Waals surface area contributed by atoms with E-state index in [0.717, 1.165) is 24.0 Å². The molecule has 1 aromatic rings. The average Bonchev–Trinajstić information content (AvgIpc) is 2.24. The minimum Gasteiger partial charge on any atom is -0.286 e. The van der Waals surface area contributed by atoms with Crippen molar-refractivity contribution in [3.63, 3.8) is 0 Å². The summed E-state index contributed by atoms with van der Waals surface area (Å²) in [5, 5.41) is 0. The van der Waals surface area contributed by atoms with Crippen LogP contribution in [0.4, 0.5) is 0 Å². The van der Waals surface area contributed by atoms with E-state index in [0.29, 0.717) is 6.42 Å². The van der Waals surface area contributed by atoms with Crippen molar-refractivity contribution in [2.75, 3.05) is 5.75 Å². The fourth-order valence-electron chi connectivity index (χ4n) is 1.57. The van der Waals surface area contributed by atoms with Crippen LogP contribution in [0.25, 0.3) is 5.57 Å². The highest BCUT2D eigenvalue weighted by molar-refractivity contribution is 7.85. The molecule has 17 heavy (non-hydrogen) atoms. The molecule has 0 spiro atoms. The second kappa shape index (κ2) is 5.98. The summed E-state index contributed by atoms with van der Waals surface area (Å²) in [6.07, 6.45) is 2.07. The van der Waals surface area contributed by atoms with Crippen molar-refractivity contribution in [3.8, 4) is 0 Å². The van der Waals surface area contributed by atoms with Gasteiger partial charge in [-0.3, -0.25) is 4.55 Å². The maximum absolute atomic E-state index is 10.5. The summed E-state index contributed by atoms with van der Waals surface area (Å²) < 4.78 is 29.6. The second-order valence-electron chi connectivity index (χ2n) is 4.22. The zero-order valence-corrected chi connectivity index (χ0v) is 10.8. The third-order valence-electron chi connectivity index (χ3n) is 2.56. The summed E-state index contributed by atoms with van der Waals surface area (Å²) in [4.78, 5) is 0. The molecule has 0 fully saturated rings. The van der Waals surface area contributed by atoms with Crippen molar-refractivity contribution in [1.29, 1.82) is 0 Å². The maximum atomic E-state index is 10.5. The van der Waals surface area contributed by atoms with E-state index in [1.54, 1.807) is 0 Å². The Bertz CT molecular complexity index is 472. The molecule has 0 heterocycles. The molecule has 3 nitrogen and oxygen atoms in total. The number of rotatable bonds is 6. The number of unbranched alkanes of at least 4 members (excludes halogenated alkanes) is 1. The molecule has 4 heteroatoms. The Morgan fingerprint density at radius 3 is 2.29 bits per heavy atom. The Hall–Kier alpha value is -1.13. The third kappa shape index (κ3) is 5.65. The largest absolute Gasteiger partial charge is 0.286 e. The van der Waals surface area contributed by atoms with E-state index in [-0.39, 0.29) is 5.75 Å². The summed E-state index contributed by atoms with van der Waals surface area (Å²) in [6.45, 7) is 5.82. The van der Waals surface area contributed by atoms with Crippen LogP contribution in [0.1, 0.15) is 30.9 Å². The molecule has 0 aliphatic carbocycles. The van der Waals surface area contributed by atoms with Crippen molar-refractivity contribution in [3.05, 3.63) is 42.0 Å². The van der Waals surface area contributed by atoms with Gasteiger partial charge in [0.15, 0.2) is 0 Å². The number of hydrogen-bond donors (Lipinski definition) is 1. The molecule has 0 amide bonds. The van der Waals surface area contributed by atoms with Crippen LogP contribution < -0.4 is 0 Å². The molecule has 1 N–H and O–H groups in total. The molecule has 0 bridgehead atoms. The first-order valence-electron chi connectivity index (χ1n) is 5.58. The molecule has 0 aromatic heterocycles. The van der Waals surface area contributed by atoms with Crippen molar-refractivity contribution in [2.24, 2.45) is 0 Å². The Morgan fingerprint density at radius 1 is 1.24 bits per heavy atom. The summed E-state index contributed by atoms with van der Waals surface area (Å²) in [6, 6.07) is 8.08. The average molecular weight is 254 g/mol. The Morgan fingerprint density at radius 2 is 1.82 bits per heavy atom. The molecule has 0 aliphatic rings. The monoisotopic (exact) mass is 254 g/mol. The minimum atomic E-state index is -3.81. The van der Waals surface area contributed by atoms with E-state index in [2.05, 4.69) is 6.58 Å². The van der Waals surface area contributed by atoms with Crippen LogP contribution >= 0.6 is 0 Å². The highest BCUT2D eigenvalue weighted by atomic mass is 32.2. The molecule has 0 radical (unpaired) electrons. The minimum absolute atomic E-state index is 0.156. The zero-order chi connectivity index (χ0) is 12.9. The van der Waals surface area contributed by atoms with Gasteiger partial charge in [-0.15, -0.1) is 0 Å². The van der Waals surface area contributed by atoms with Gasteiger partial charge >= 0.3 is 0 Å². The third-order valence-corrected chi connectivity index (χ3v) is 3.37. The topological polar surface area (TPSA) is 54.4 Å². The number of aryl methyl sites for hydroxylation is 1. The summed E-state index contributed by atoms with van der Waals surface area (Å²) in [5.74, 6) is -0.156. The first-order valence-corrected chi connectivity index (χ1v) is 7.19. The van der Waals surface area contributed by atoms with Crippen LogP contribution in [0.3, 0.4) is 0 Å². The lowest BCUT2D eigenvalue weighted by Gasteiger charge is -2.03. The number of allylic oxidation sites excluding steroid dienone is 1. The highest BCUT2D eigenvalue weighted by Crippen LogP contribution is 2.13. The fourth-order valence-corrected chi connectivity index (χ4v) is 2.14. The van der Waals surface area contributed by atoms with Crippen LogP contribution in [0.5, 0.6) is 0 Å². The first-order chi connectivity index (χ1) is 7.88. The van der Waals surface area contributed by atoms with Gasteiger partial charge < -0.3 is 0 Å². The molecule has 1 rings (SSSR count). The molecule has 0 saturated carbocycles. The summed E-state index contributed by atoms with van der Waals surface area (Å²) in [7, 11) is -3.81. The zero-order valence-electron chi connectivity index (χ0n) is 10.0. The van der Waals surface area contributed by atoms with Crippen molar-refractivity contribution in [2.45, 2.75) is 26.2 Å². The van der Waals surface area contributed by atoms with Gasteiger partial charge in [0.1, 0.15) is 0 Å².